The molecule has 25 heavy (non-hydrogen) atoms. The van der Waals surface area contributed by atoms with Gasteiger partial charge in [-0.1, -0.05) is 30.3 Å². The highest BCUT2D eigenvalue weighted by Gasteiger charge is 2.21. The van der Waals surface area contributed by atoms with Crippen LogP contribution in [0, 0.1) is 0 Å². The fourth-order valence-electron chi connectivity index (χ4n) is 2.43. The fraction of sp³-hybridized carbons (Fsp3) is 0.278. The molecular formula is C18H21N3O4. The van der Waals surface area contributed by atoms with E-state index in [2.05, 4.69) is 10.3 Å². The summed E-state index contributed by atoms with van der Waals surface area (Å²) < 4.78 is 0. The normalized spacial score (nSPS) is 11.7. The van der Waals surface area contributed by atoms with Gasteiger partial charge in [-0.25, -0.2) is 4.79 Å². The number of amides is 1. The third kappa shape index (κ3) is 5.29. The summed E-state index contributed by atoms with van der Waals surface area (Å²) in [7, 11) is 0. The number of rotatable bonds is 8. The van der Waals surface area contributed by atoms with Crippen LogP contribution in [0.1, 0.15) is 34.5 Å². The highest BCUT2D eigenvalue weighted by atomic mass is 16.4. The number of carboxylic acids is 1. The Bertz CT molecular complexity index is 786. The van der Waals surface area contributed by atoms with Crippen molar-refractivity contribution >= 4 is 11.9 Å². The summed E-state index contributed by atoms with van der Waals surface area (Å²) in [5, 5.41) is 11.5. The quantitative estimate of drug-likeness (QED) is 0.566. The van der Waals surface area contributed by atoms with Gasteiger partial charge in [0.2, 0.25) is 0 Å². The molecule has 0 fully saturated rings. The molecule has 1 aromatic carbocycles. The van der Waals surface area contributed by atoms with Gasteiger partial charge in [-0.05, 0) is 37.1 Å². The zero-order valence-corrected chi connectivity index (χ0v) is 13.7. The maximum atomic E-state index is 12.2. The average Bonchev–Trinajstić information content (AvgIpc) is 2.59. The SMILES string of the molecule is NCCC[C@H](NC(=O)c1ccc(Cc2ccccc2)[nH]c1=O)C(=O)O. The first kappa shape index (κ1) is 18.4. The maximum Gasteiger partial charge on any atom is 0.326 e. The van der Waals surface area contributed by atoms with Crippen LogP contribution in [0.15, 0.2) is 47.3 Å². The number of nitrogens with two attached hydrogens (primary N) is 1. The minimum Gasteiger partial charge on any atom is -0.480 e. The molecule has 0 unspecified atom stereocenters. The Balaban J connectivity index is 2.10. The largest absolute Gasteiger partial charge is 0.480 e. The van der Waals surface area contributed by atoms with Gasteiger partial charge in [0.1, 0.15) is 11.6 Å². The van der Waals surface area contributed by atoms with Crippen LogP contribution in [0.4, 0.5) is 0 Å². The summed E-state index contributed by atoms with van der Waals surface area (Å²) in [4.78, 5) is 38.2. The molecule has 1 heterocycles. The first-order chi connectivity index (χ1) is 12.0. The third-order valence-electron chi connectivity index (χ3n) is 3.75. The lowest BCUT2D eigenvalue weighted by Gasteiger charge is -2.14. The van der Waals surface area contributed by atoms with Crippen molar-refractivity contribution in [1.29, 1.82) is 0 Å². The standard InChI is InChI=1S/C18H21N3O4/c19-10-4-7-15(18(24)25)21-17(23)14-9-8-13(20-16(14)22)11-12-5-2-1-3-6-12/h1-3,5-6,8-9,15H,4,7,10-11,19H2,(H,20,22)(H,21,23)(H,24,25)/t15-/m0/s1. The van der Waals surface area contributed by atoms with E-state index in [0.29, 0.717) is 25.1 Å². The van der Waals surface area contributed by atoms with Crippen molar-refractivity contribution < 1.29 is 14.7 Å². The Labute approximate surface area is 144 Å². The number of hydrogen-bond acceptors (Lipinski definition) is 4. The second kappa shape index (κ2) is 8.79. The highest BCUT2D eigenvalue weighted by molar-refractivity contribution is 5.96. The molecule has 0 aliphatic rings. The second-order valence-corrected chi connectivity index (χ2v) is 5.68. The molecule has 0 aliphatic carbocycles. The lowest BCUT2D eigenvalue weighted by Crippen LogP contribution is -2.42. The fourth-order valence-corrected chi connectivity index (χ4v) is 2.43. The van der Waals surface area contributed by atoms with Crippen molar-refractivity contribution in [2.45, 2.75) is 25.3 Å². The molecule has 0 aliphatic heterocycles. The summed E-state index contributed by atoms with van der Waals surface area (Å²) in [5.74, 6) is -1.86. The molecule has 5 N–H and O–H groups in total. The Morgan fingerprint density at radius 2 is 1.88 bits per heavy atom. The van der Waals surface area contributed by atoms with E-state index in [0.717, 1.165) is 5.56 Å². The van der Waals surface area contributed by atoms with Crippen molar-refractivity contribution in [2.75, 3.05) is 6.54 Å². The number of nitrogens with one attached hydrogen (secondary N) is 2. The maximum absolute atomic E-state index is 12.2. The third-order valence-corrected chi connectivity index (χ3v) is 3.75. The molecular weight excluding hydrogens is 322 g/mol. The molecule has 0 saturated heterocycles. The van der Waals surface area contributed by atoms with Gasteiger partial charge < -0.3 is 21.1 Å². The molecule has 0 saturated carbocycles. The van der Waals surface area contributed by atoms with Crippen LogP contribution in [0.3, 0.4) is 0 Å². The summed E-state index contributed by atoms with van der Waals surface area (Å²) in [6.07, 6.45) is 1.21. The van der Waals surface area contributed by atoms with Gasteiger partial charge >= 0.3 is 5.97 Å². The van der Waals surface area contributed by atoms with Crippen molar-refractivity contribution in [3.8, 4) is 0 Å². The molecule has 1 atom stereocenters. The molecule has 1 amide bonds. The second-order valence-electron chi connectivity index (χ2n) is 5.68. The topological polar surface area (TPSA) is 125 Å². The van der Waals surface area contributed by atoms with Gasteiger partial charge in [0.15, 0.2) is 0 Å². The Morgan fingerprint density at radius 1 is 1.16 bits per heavy atom. The molecule has 0 radical (unpaired) electrons. The van der Waals surface area contributed by atoms with Gasteiger partial charge in [0.25, 0.3) is 11.5 Å². The number of H-pyrrole nitrogens is 1. The van der Waals surface area contributed by atoms with E-state index in [1.807, 2.05) is 30.3 Å². The van der Waals surface area contributed by atoms with Crippen LogP contribution in [0.25, 0.3) is 0 Å². The molecule has 1 aromatic heterocycles. The number of carbonyl (C=O) groups is 2. The summed E-state index contributed by atoms with van der Waals surface area (Å²) >= 11 is 0. The van der Waals surface area contributed by atoms with Crippen LogP contribution in [0.5, 0.6) is 0 Å². The zero-order chi connectivity index (χ0) is 18.2. The molecule has 132 valence electrons. The Kier molecular flexibility index (Phi) is 6.47. The van der Waals surface area contributed by atoms with Crippen LogP contribution in [-0.4, -0.2) is 34.6 Å². The molecule has 7 heteroatoms. The van der Waals surface area contributed by atoms with E-state index in [1.54, 1.807) is 6.07 Å². The number of pyridine rings is 1. The van der Waals surface area contributed by atoms with Crippen molar-refractivity contribution in [2.24, 2.45) is 5.73 Å². The van der Waals surface area contributed by atoms with E-state index < -0.39 is 23.5 Å². The predicted octanol–water partition coefficient (Wildman–Crippen LogP) is 0.888. The first-order valence-corrected chi connectivity index (χ1v) is 8.01. The Morgan fingerprint density at radius 3 is 2.48 bits per heavy atom. The van der Waals surface area contributed by atoms with Crippen LogP contribution in [0.2, 0.25) is 0 Å². The summed E-state index contributed by atoms with van der Waals surface area (Å²) in [5.41, 5.74) is 6.40. The molecule has 0 bridgehead atoms. The van der Waals surface area contributed by atoms with Gasteiger partial charge in [-0.15, -0.1) is 0 Å². The highest BCUT2D eigenvalue weighted by Crippen LogP contribution is 2.06. The van der Waals surface area contributed by atoms with Gasteiger partial charge in [0, 0.05) is 12.1 Å². The number of hydrogen-bond donors (Lipinski definition) is 4. The average molecular weight is 343 g/mol. The Hall–Kier alpha value is -2.93. The monoisotopic (exact) mass is 343 g/mol. The molecule has 2 aromatic rings. The van der Waals surface area contributed by atoms with E-state index in [1.165, 1.54) is 6.07 Å². The smallest absolute Gasteiger partial charge is 0.326 e. The minimum absolute atomic E-state index is 0.115. The van der Waals surface area contributed by atoms with Gasteiger partial charge in [-0.3, -0.25) is 9.59 Å². The van der Waals surface area contributed by atoms with Gasteiger partial charge in [0.05, 0.1) is 0 Å². The lowest BCUT2D eigenvalue weighted by atomic mass is 10.1. The van der Waals surface area contributed by atoms with Crippen molar-refractivity contribution in [3.63, 3.8) is 0 Å². The number of aliphatic carboxylic acids is 1. The van der Waals surface area contributed by atoms with Crippen LogP contribution >= 0.6 is 0 Å². The lowest BCUT2D eigenvalue weighted by molar-refractivity contribution is -0.139. The molecule has 0 spiro atoms. The zero-order valence-electron chi connectivity index (χ0n) is 13.7. The number of benzene rings is 1. The van der Waals surface area contributed by atoms with E-state index >= 15 is 0 Å². The number of carbonyl (C=O) groups excluding carboxylic acids is 1. The number of aromatic nitrogens is 1. The van der Waals surface area contributed by atoms with Gasteiger partial charge in [-0.2, -0.15) is 0 Å². The summed E-state index contributed by atoms with van der Waals surface area (Å²) in [6.45, 7) is 0.328. The minimum atomic E-state index is -1.15. The number of aromatic amines is 1. The van der Waals surface area contributed by atoms with E-state index in [9.17, 15) is 14.4 Å². The van der Waals surface area contributed by atoms with Crippen molar-refractivity contribution in [3.05, 3.63) is 69.6 Å². The van der Waals surface area contributed by atoms with Crippen LogP contribution in [-0.2, 0) is 11.2 Å². The first-order valence-electron chi connectivity index (χ1n) is 8.01. The molecule has 2 rings (SSSR count). The molecule has 7 nitrogen and oxygen atoms in total. The van der Waals surface area contributed by atoms with E-state index in [-0.39, 0.29) is 12.0 Å². The van der Waals surface area contributed by atoms with Crippen LogP contribution < -0.4 is 16.6 Å². The van der Waals surface area contributed by atoms with E-state index in [4.69, 9.17) is 10.8 Å². The number of carboxylic acid groups (broad SMARTS) is 1. The predicted molar refractivity (Wildman–Crippen MR) is 93.5 cm³/mol. The van der Waals surface area contributed by atoms with Crippen molar-refractivity contribution in [1.82, 2.24) is 10.3 Å². The summed E-state index contributed by atoms with van der Waals surface area (Å²) in [6, 6.07) is 11.6.